The van der Waals surface area contributed by atoms with Crippen LogP contribution in [-0.4, -0.2) is 43.2 Å². The molecule has 2 fully saturated rings. The molecule has 1 amide bonds. The molecule has 4 heteroatoms. The molecule has 0 aromatic carbocycles. The average Bonchev–Trinajstić information content (AvgIpc) is 2.38. The molecule has 0 spiro atoms. The number of nitrogens with zero attached hydrogens (tertiary/aromatic N) is 1. The molecule has 1 atom stereocenters. The van der Waals surface area contributed by atoms with E-state index >= 15 is 0 Å². The number of hydrogen-bond donors (Lipinski definition) is 1. The van der Waals surface area contributed by atoms with Crippen LogP contribution >= 0.6 is 0 Å². The van der Waals surface area contributed by atoms with E-state index in [1.165, 1.54) is 6.42 Å². The van der Waals surface area contributed by atoms with Crippen molar-refractivity contribution in [1.29, 1.82) is 0 Å². The Labute approximate surface area is 103 Å². The maximum Gasteiger partial charge on any atom is 0.230 e. The number of carbonyl (C=O) groups excluding carboxylic acids is 1. The van der Waals surface area contributed by atoms with E-state index in [1.807, 2.05) is 11.8 Å². The molecule has 2 N–H and O–H groups in total. The first kappa shape index (κ1) is 12.8. The predicted molar refractivity (Wildman–Crippen MR) is 66.6 cm³/mol. The highest BCUT2D eigenvalue weighted by atomic mass is 16.5. The number of carbonyl (C=O) groups is 1. The van der Waals surface area contributed by atoms with E-state index in [0.29, 0.717) is 13.2 Å². The van der Waals surface area contributed by atoms with E-state index < -0.39 is 0 Å². The van der Waals surface area contributed by atoms with Crippen molar-refractivity contribution >= 4 is 5.91 Å². The summed E-state index contributed by atoms with van der Waals surface area (Å²) in [7, 11) is 0. The second-order valence-electron chi connectivity index (χ2n) is 5.48. The Hall–Kier alpha value is -0.610. The molecule has 1 saturated carbocycles. The second-order valence-corrected chi connectivity index (χ2v) is 5.48. The van der Waals surface area contributed by atoms with Crippen LogP contribution in [0.5, 0.6) is 0 Å². The van der Waals surface area contributed by atoms with Gasteiger partial charge in [0, 0.05) is 19.6 Å². The molecule has 4 nitrogen and oxygen atoms in total. The van der Waals surface area contributed by atoms with Gasteiger partial charge < -0.3 is 15.4 Å². The highest BCUT2D eigenvalue weighted by Crippen LogP contribution is 2.37. The quantitative estimate of drug-likeness (QED) is 0.787. The fourth-order valence-corrected chi connectivity index (χ4v) is 3.07. The molecular formula is C13H24N2O2. The van der Waals surface area contributed by atoms with Crippen molar-refractivity contribution in [2.75, 3.05) is 26.2 Å². The van der Waals surface area contributed by atoms with Gasteiger partial charge >= 0.3 is 0 Å². The number of morpholine rings is 1. The van der Waals surface area contributed by atoms with Gasteiger partial charge in [0.1, 0.15) is 0 Å². The predicted octanol–water partition coefficient (Wildman–Crippen LogP) is 1.14. The van der Waals surface area contributed by atoms with Gasteiger partial charge in [0.15, 0.2) is 0 Å². The highest BCUT2D eigenvalue weighted by molar-refractivity contribution is 5.83. The number of hydrogen-bond acceptors (Lipinski definition) is 3. The number of rotatable bonds is 2. The molecule has 1 unspecified atom stereocenters. The van der Waals surface area contributed by atoms with E-state index in [4.69, 9.17) is 10.5 Å². The van der Waals surface area contributed by atoms with E-state index in [9.17, 15) is 4.79 Å². The molecule has 0 aromatic heterocycles. The van der Waals surface area contributed by atoms with Crippen LogP contribution in [0.25, 0.3) is 0 Å². The van der Waals surface area contributed by atoms with Gasteiger partial charge in [0.05, 0.1) is 18.1 Å². The third-order valence-electron chi connectivity index (χ3n) is 4.18. The second kappa shape index (κ2) is 5.36. The largest absolute Gasteiger partial charge is 0.375 e. The number of amides is 1. The van der Waals surface area contributed by atoms with Crippen LogP contribution in [0.4, 0.5) is 0 Å². The molecule has 0 bridgehead atoms. The zero-order valence-electron chi connectivity index (χ0n) is 10.8. The van der Waals surface area contributed by atoms with Gasteiger partial charge in [0.25, 0.3) is 0 Å². The molecule has 0 radical (unpaired) electrons. The minimum absolute atomic E-state index is 0.158. The van der Waals surface area contributed by atoms with Crippen molar-refractivity contribution in [1.82, 2.24) is 4.90 Å². The van der Waals surface area contributed by atoms with Gasteiger partial charge in [0.2, 0.25) is 5.91 Å². The van der Waals surface area contributed by atoms with Crippen LogP contribution in [0.3, 0.4) is 0 Å². The summed E-state index contributed by atoms with van der Waals surface area (Å²) >= 11 is 0. The van der Waals surface area contributed by atoms with Crippen molar-refractivity contribution in [2.45, 2.75) is 45.1 Å². The number of ether oxygens (including phenoxy) is 1. The van der Waals surface area contributed by atoms with Crippen molar-refractivity contribution in [3.63, 3.8) is 0 Å². The van der Waals surface area contributed by atoms with E-state index in [-0.39, 0.29) is 17.4 Å². The SMILES string of the molecule is CC1CN(C(=O)C2(CN)CCCCC2)CCO1. The molecule has 1 saturated heterocycles. The Morgan fingerprint density at radius 1 is 1.41 bits per heavy atom. The smallest absolute Gasteiger partial charge is 0.230 e. The standard InChI is InChI=1S/C13H24N2O2/c1-11-9-15(7-8-17-11)12(16)13(10-14)5-3-2-4-6-13/h11H,2-10,14H2,1H3. The maximum absolute atomic E-state index is 12.6. The summed E-state index contributed by atoms with van der Waals surface area (Å²) in [6, 6.07) is 0. The van der Waals surface area contributed by atoms with Crippen LogP contribution in [0.15, 0.2) is 0 Å². The Bertz CT molecular complexity index is 275. The monoisotopic (exact) mass is 240 g/mol. The molecule has 1 aliphatic heterocycles. The van der Waals surface area contributed by atoms with Gasteiger partial charge in [-0.3, -0.25) is 4.79 Å². The lowest BCUT2D eigenvalue weighted by atomic mass is 9.73. The lowest BCUT2D eigenvalue weighted by Crippen LogP contribution is -2.53. The molecule has 1 heterocycles. The van der Waals surface area contributed by atoms with Crippen LogP contribution in [0, 0.1) is 5.41 Å². The lowest BCUT2D eigenvalue weighted by Gasteiger charge is -2.41. The van der Waals surface area contributed by atoms with E-state index in [2.05, 4.69) is 0 Å². The topological polar surface area (TPSA) is 55.6 Å². The summed E-state index contributed by atoms with van der Waals surface area (Å²) in [5.41, 5.74) is 5.63. The normalized spacial score (nSPS) is 29.1. The number of nitrogens with two attached hydrogens (primary N) is 1. The lowest BCUT2D eigenvalue weighted by molar-refractivity contribution is -0.150. The minimum Gasteiger partial charge on any atom is -0.375 e. The fourth-order valence-electron chi connectivity index (χ4n) is 3.07. The first-order valence-corrected chi connectivity index (χ1v) is 6.79. The Kier molecular flexibility index (Phi) is 4.05. The molecule has 17 heavy (non-hydrogen) atoms. The van der Waals surface area contributed by atoms with Gasteiger partial charge in [-0.05, 0) is 19.8 Å². The van der Waals surface area contributed by atoms with Crippen LogP contribution < -0.4 is 5.73 Å². The van der Waals surface area contributed by atoms with Crippen molar-refractivity contribution in [3.8, 4) is 0 Å². The molecule has 0 aromatic rings. The van der Waals surface area contributed by atoms with Crippen molar-refractivity contribution < 1.29 is 9.53 Å². The Balaban J connectivity index is 2.05. The molecule has 98 valence electrons. The van der Waals surface area contributed by atoms with E-state index in [0.717, 1.165) is 38.8 Å². The molecule has 1 aliphatic carbocycles. The minimum atomic E-state index is -0.269. The van der Waals surface area contributed by atoms with Gasteiger partial charge in [-0.2, -0.15) is 0 Å². The van der Waals surface area contributed by atoms with Crippen molar-refractivity contribution in [2.24, 2.45) is 11.1 Å². The molecule has 2 aliphatic rings. The third kappa shape index (κ3) is 2.63. The summed E-state index contributed by atoms with van der Waals surface area (Å²) in [5, 5.41) is 0. The Morgan fingerprint density at radius 2 is 2.12 bits per heavy atom. The zero-order valence-corrected chi connectivity index (χ0v) is 10.8. The summed E-state index contributed by atoms with van der Waals surface area (Å²) in [6.45, 7) is 4.63. The van der Waals surface area contributed by atoms with Crippen LogP contribution in [0.2, 0.25) is 0 Å². The molecular weight excluding hydrogens is 216 g/mol. The average molecular weight is 240 g/mol. The summed E-state index contributed by atoms with van der Waals surface area (Å²) in [4.78, 5) is 14.6. The Morgan fingerprint density at radius 3 is 2.71 bits per heavy atom. The van der Waals surface area contributed by atoms with E-state index in [1.54, 1.807) is 0 Å². The first-order chi connectivity index (χ1) is 8.18. The van der Waals surface area contributed by atoms with Gasteiger partial charge in [-0.25, -0.2) is 0 Å². The van der Waals surface area contributed by atoms with Crippen molar-refractivity contribution in [3.05, 3.63) is 0 Å². The van der Waals surface area contributed by atoms with Gasteiger partial charge in [-0.1, -0.05) is 19.3 Å². The third-order valence-corrected chi connectivity index (χ3v) is 4.18. The first-order valence-electron chi connectivity index (χ1n) is 6.79. The highest BCUT2D eigenvalue weighted by Gasteiger charge is 2.41. The summed E-state index contributed by atoms with van der Waals surface area (Å²) < 4.78 is 5.49. The molecule has 2 rings (SSSR count). The fraction of sp³-hybridized carbons (Fsp3) is 0.923. The summed E-state index contributed by atoms with van der Waals surface area (Å²) in [5.74, 6) is 0.273. The zero-order chi connectivity index (χ0) is 12.3. The van der Waals surface area contributed by atoms with Crippen LogP contribution in [0.1, 0.15) is 39.0 Å². The van der Waals surface area contributed by atoms with Gasteiger partial charge in [-0.15, -0.1) is 0 Å². The maximum atomic E-state index is 12.6. The van der Waals surface area contributed by atoms with Crippen LogP contribution in [-0.2, 0) is 9.53 Å². The summed E-state index contributed by atoms with van der Waals surface area (Å²) in [6.07, 6.45) is 5.62.